The molecule has 1 unspecified atom stereocenters. The van der Waals surface area contributed by atoms with Crippen molar-refractivity contribution in [2.24, 2.45) is 0 Å². The largest absolute Gasteiger partial charge is 0.497 e. The molecule has 0 aliphatic carbocycles. The molecule has 9 nitrogen and oxygen atoms in total. The summed E-state index contributed by atoms with van der Waals surface area (Å²) in [4.78, 5) is 13.3. The molecule has 1 amide bonds. The van der Waals surface area contributed by atoms with Gasteiger partial charge in [-0.15, -0.1) is 0 Å². The smallest absolute Gasteiger partial charge is 0.255 e. The fourth-order valence-electron chi connectivity index (χ4n) is 3.37. The molecular weight excluding hydrogens is 391 g/mol. The number of nitrogens with zero attached hydrogens (tertiary/aromatic N) is 4. The van der Waals surface area contributed by atoms with Crippen LogP contribution in [0.4, 0.5) is 16.0 Å². The maximum absolute atomic E-state index is 13.3. The number of fused-ring (bicyclic) bond motifs is 1. The number of aromatic nitrogens is 4. The van der Waals surface area contributed by atoms with Gasteiger partial charge in [0.1, 0.15) is 23.4 Å². The Morgan fingerprint density at radius 2 is 1.93 bits per heavy atom. The lowest BCUT2D eigenvalue weighted by atomic mass is 9.94. The number of hydrogen-bond acceptors (Lipinski definition) is 7. The van der Waals surface area contributed by atoms with E-state index >= 15 is 0 Å². The van der Waals surface area contributed by atoms with Crippen molar-refractivity contribution < 1.29 is 18.7 Å². The van der Waals surface area contributed by atoms with Gasteiger partial charge in [-0.1, -0.05) is 5.10 Å². The zero-order valence-corrected chi connectivity index (χ0v) is 16.5. The van der Waals surface area contributed by atoms with E-state index in [1.807, 2.05) is 0 Å². The van der Waals surface area contributed by atoms with Crippen LogP contribution in [0.1, 0.15) is 18.5 Å². The Morgan fingerprint density at radius 1 is 1.17 bits per heavy atom. The van der Waals surface area contributed by atoms with Crippen LogP contribution in [0, 0.1) is 5.82 Å². The van der Waals surface area contributed by atoms with Crippen molar-refractivity contribution in [2.45, 2.75) is 13.0 Å². The fourth-order valence-corrected chi connectivity index (χ4v) is 3.37. The SMILES string of the molecule is COc1ccc(C2C(C(=O)Nc3ccc(F)cc3)=C(C)Nc3nnnn32)c(OC)c1. The molecule has 2 aromatic carbocycles. The number of tetrazole rings is 1. The highest BCUT2D eigenvalue weighted by molar-refractivity contribution is 6.06. The summed E-state index contributed by atoms with van der Waals surface area (Å²) in [6.45, 7) is 1.76. The number of carbonyl (C=O) groups is 1. The highest BCUT2D eigenvalue weighted by atomic mass is 19.1. The highest BCUT2D eigenvalue weighted by Gasteiger charge is 2.35. The maximum Gasteiger partial charge on any atom is 0.255 e. The van der Waals surface area contributed by atoms with Crippen LogP contribution in [0.2, 0.25) is 0 Å². The second-order valence-electron chi connectivity index (χ2n) is 6.58. The van der Waals surface area contributed by atoms with Crippen LogP contribution < -0.4 is 20.1 Å². The number of methoxy groups -OCH3 is 2. The van der Waals surface area contributed by atoms with Crippen molar-refractivity contribution in [1.82, 2.24) is 20.2 Å². The lowest BCUT2D eigenvalue weighted by Gasteiger charge is -2.29. The van der Waals surface area contributed by atoms with Gasteiger partial charge in [0, 0.05) is 23.0 Å². The Bertz CT molecular complexity index is 1130. The lowest BCUT2D eigenvalue weighted by molar-refractivity contribution is -0.113. The second kappa shape index (κ2) is 7.82. The summed E-state index contributed by atoms with van der Waals surface area (Å²) in [7, 11) is 3.10. The summed E-state index contributed by atoms with van der Waals surface area (Å²) >= 11 is 0. The van der Waals surface area contributed by atoms with E-state index < -0.39 is 6.04 Å². The zero-order valence-electron chi connectivity index (χ0n) is 16.5. The van der Waals surface area contributed by atoms with Crippen molar-refractivity contribution in [1.29, 1.82) is 0 Å². The third-order valence-corrected chi connectivity index (χ3v) is 4.80. The van der Waals surface area contributed by atoms with Crippen LogP contribution in [0.3, 0.4) is 0 Å². The van der Waals surface area contributed by atoms with Gasteiger partial charge in [0.25, 0.3) is 5.91 Å². The minimum absolute atomic E-state index is 0.379. The minimum Gasteiger partial charge on any atom is -0.497 e. The van der Waals surface area contributed by atoms with Crippen molar-refractivity contribution >= 4 is 17.5 Å². The topological polar surface area (TPSA) is 103 Å². The Morgan fingerprint density at radius 3 is 2.63 bits per heavy atom. The molecule has 30 heavy (non-hydrogen) atoms. The summed E-state index contributed by atoms with van der Waals surface area (Å²) in [5.41, 5.74) is 2.11. The van der Waals surface area contributed by atoms with Crippen LogP contribution in [-0.4, -0.2) is 40.3 Å². The van der Waals surface area contributed by atoms with Gasteiger partial charge in [-0.05, 0) is 53.7 Å². The molecule has 0 saturated carbocycles. The highest BCUT2D eigenvalue weighted by Crippen LogP contribution is 2.40. The molecule has 0 fully saturated rings. The first-order valence-electron chi connectivity index (χ1n) is 9.06. The number of nitrogens with one attached hydrogen (secondary N) is 2. The van der Waals surface area contributed by atoms with E-state index in [9.17, 15) is 9.18 Å². The Balaban J connectivity index is 1.79. The Hall–Kier alpha value is -3.95. The number of halogens is 1. The fraction of sp³-hybridized carbons (Fsp3) is 0.200. The number of hydrogen-bond donors (Lipinski definition) is 2. The van der Waals surface area contributed by atoms with Crippen LogP contribution in [0.25, 0.3) is 0 Å². The van der Waals surface area contributed by atoms with Gasteiger partial charge in [0.05, 0.1) is 19.8 Å². The van der Waals surface area contributed by atoms with E-state index in [1.54, 1.807) is 32.2 Å². The standard InChI is InChI=1S/C20H19FN6O3/c1-11-17(19(28)23-13-6-4-12(21)5-7-13)18(27-20(22-11)24-25-26-27)15-9-8-14(29-2)10-16(15)30-3/h4-10,18H,1-3H3,(H,23,28)(H,22,24,26). The number of anilines is 2. The number of rotatable bonds is 5. The van der Waals surface area contributed by atoms with E-state index in [0.29, 0.717) is 40.0 Å². The van der Waals surface area contributed by atoms with Crippen molar-refractivity contribution in [2.75, 3.05) is 24.9 Å². The first kappa shape index (κ1) is 19.4. The Labute approximate surface area is 171 Å². The normalized spacial score (nSPS) is 15.3. The van der Waals surface area contributed by atoms with E-state index in [0.717, 1.165) is 0 Å². The first-order valence-corrected chi connectivity index (χ1v) is 9.06. The molecule has 1 aliphatic rings. The van der Waals surface area contributed by atoms with Gasteiger partial charge in [-0.3, -0.25) is 4.79 Å². The van der Waals surface area contributed by atoms with Crippen LogP contribution >= 0.6 is 0 Å². The second-order valence-corrected chi connectivity index (χ2v) is 6.58. The third-order valence-electron chi connectivity index (χ3n) is 4.80. The van der Waals surface area contributed by atoms with E-state index in [-0.39, 0.29) is 11.7 Å². The monoisotopic (exact) mass is 410 g/mol. The summed E-state index contributed by atoms with van der Waals surface area (Å²) < 4.78 is 25.6. The van der Waals surface area contributed by atoms with Gasteiger partial charge in [-0.2, -0.15) is 4.68 Å². The molecule has 2 N–H and O–H groups in total. The van der Waals surface area contributed by atoms with E-state index in [2.05, 4.69) is 26.2 Å². The summed E-state index contributed by atoms with van der Waals surface area (Å²) in [5, 5.41) is 17.6. The van der Waals surface area contributed by atoms with Crippen LogP contribution in [0.15, 0.2) is 53.7 Å². The predicted octanol–water partition coefficient (Wildman–Crippen LogP) is 2.76. The molecule has 10 heteroatoms. The van der Waals surface area contributed by atoms with Crippen molar-refractivity contribution in [3.05, 3.63) is 65.1 Å². The number of carbonyl (C=O) groups excluding carboxylic acids is 1. The number of allylic oxidation sites excluding steroid dienone is 1. The molecule has 1 aliphatic heterocycles. The van der Waals surface area contributed by atoms with Crippen molar-refractivity contribution in [3.63, 3.8) is 0 Å². The van der Waals surface area contributed by atoms with Crippen molar-refractivity contribution in [3.8, 4) is 11.5 Å². The van der Waals surface area contributed by atoms with E-state index in [4.69, 9.17) is 9.47 Å². The van der Waals surface area contributed by atoms with Crippen LogP contribution in [0.5, 0.6) is 11.5 Å². The van der Waals surface area contributed by atoms with Gasteiger partial charge < -0.3 is 20.1 Å². The predicted molar refractivity (Wildman–Crippen MR) is 107 cm³/mol. The molecule has 2 heterocycles. The van der Waals surface area contributed by atoms with Gasteiger partial charge in [-0.25, -0.2) is 4.39 Å². The van der Waals surface area contributed by atoms with Gasteiger partial charge >= 0.3 is 0 Å². The number of ether oxygens (including phenoxy) is 2. The minimum atomic E-state index is -0.655. The third kappa shape index (κ3) is 3.43. The number of amides is 1. The molecule has 1 aromatic heterocycles. The summed E-state index contributed by atoms with van der Waals surface area (Å²) in [6, 6.07) is 10.2. The Kier molecular flexibility index (Phi) is 5.05. The molecule has 3 aromatic rings. The summed E-state index contributed by atoms with van der Waals surface area (Å²) in [6.07, 6.45) is 0. The molecule has 0 radical (unpaired) electrons. The lowest BCUT2D eigenvalue weighted by Crippen LogP contribution is -2.31. The number of benzene rings is 2. The average Bonchev–Trinajstić information content (AvgIpc) is 3.21. The zero-order chi connectivity index (χ0) is 21.3. The molecular formula is C20H19FN6O3. The van der Waals surface area contributed by atoms with Gasteiger partial charge in [0.15, 0.2) is 0 Å². The molecule has 0 bridgehead atoms. The maximum atomic E-state index is 13.3. The average molecular weight is 410 g/mol. The molecule has 4 rings (SSSR count). The van der Waals surface area contributed by atoms with Gasteiger partial charge in [0.2, 0.25) is 5.95 Å². The molecule has 0 saturated heterocycles. The molecule has 154 valence electrons. The van der Waals surface area contributed by atoms with Crippen LogP contribution in [-0.2, 0) is 4.79 Å². The molecule has 1 atom stereocenters. The summed E-state index contributed by atoms with van der Waals surface area (Å²) in [5.74, 6) is 0.758. The van der Waals surface area contributed by atoms with E-state index in [1.165, 1.54) is 36.1 Å². The molecule has 0 spiro atoms. The quantitative estimate of drug-likeness (QED) is 0.667. The first-order chi connectivity index (χ1) is 14.5.